The van der Waals surface area contributed by atoms with Crippen molar-refractivity contribution in [2.24, 2.45) is 0 Å². The Hall–Kier alpha value is -3.06. The summed E-state index contributed by atoms with van der Waals surface area (Å²) in [6.07, 6.45) is 9.84. The SMILES string of the molecule is Cc1cc(OCC(=O)NC23CC(Nc4ccnc(-n5ccnc5)c4)(C2)C3)ccc1Cl. The molecule has 0 spiro atoms. The minimum Gasteiger partial charge on any atom is -0.484 e. The van der Waals surface area contributed by atoms with Gasteiger partial charge in [-0.3, -0.25) is 9.36 Å². The fourth-order valence-electron chi connectivity index (χ4n) is 4.58. The Balaban J connectivity index is 1.12. The molecule has 3 aromatic rings. The van der Waals surface area contributed by atoms with Gasteiger partial charge in [-0.15, -0.1) is 0 Å². The predicted molar refractivity (Wildman–Crippen MR) is 114 cm³/mol. The van der Waals surface area contributed by atoms with Gasteiger partial charge in [0, 0.05) is 46.4 Å². The van der Waals surface area contributed by atoms with Crippen LogP contribution in [0.15, 0.2) is 55.2 Å². The first-order chi connectivity index (χ1) is 14.4. The zero-order valence-corrected chi connectivity index (χ0v) is 17.3. The first-order valence-corrected chi connectivity index (χ1v) is 10.2. The summed E-state index contributed by atoms with van der Waals surface area (Å²) in [6.45, 7) is 1.91. The molecule has 30 heavy (non-hydrogen) atoms. The van der Waals surface area contributed by atoms with E-state index in [1.807, 2.05) is 35.9 Å². The first-order valence-electron chi connectivity index (χ1n) is 9.87. The molecular weight excluding hydrogens is 402 g/mol. The average Bonchev–Trinajstić information content (AvgIpc) is 3.21. The van der Waals surface area contributed by atoms with Crippen LogP contribution < -0.4 is 15.4 Å². The fourth-order valence-corrected chi connectivity index (χ4v) is 4.70. The van der Waals surface area contributed by atoms with Gasteiger partial charge in [-0.05, 0) is 56.0 Å². The number of amides is 1. The molecule has 7 nitrogen and oxygen atoms in total. The third-order valence-corrected chi connectivity index (χ3v) is 6.28. The van der Waals surface area contributed by atoms with Gasteiger partial charge in [-0.1, -0.05) is 11.6 Å². The smallest absolute Gasteiger partial charge is 0.258 e. The van der Waals surface area contributed by atoms with E-state index in [0.717, 1.165) is 36.3 Å². The minimum absolute atomic E-state index is 0.00186. The number of anilines is 1. The van der Waals surface area contributed by atoms with Crippen molar-refractivity contribution in [1.29, 1.82) is 0 Å². The molecule has 6 rings (SSSR count). The van der Waals surface area contributed by atoms with Crippen LogP contribution >= 0.6 is 11.6 Å². The lowest BCUT2D eigenvalue weighted by atomic mass is 9.44. The van der Waals surface area contributed by atoms with Crippen LogP contribution in [0.25, 0.3) is 5.82 Å². The monoisotopic (exact) mass is 423 g/mol. The van der Waals surface area contributed by atoms with E-state index in [4.69, 9.17) is 16.3 Å². The lowest BCUT2D eigenvalue weighted by Gasteiger charge is -2.70. The number of rotatable bonds is 7. The highest BCUT2D eigenvalue weighted by atomic mass is 35.5. The molecule has 3 saturated carbocycles. The molecule has 2 bridgehead atoms. The van der Waals surface area contributed by atoms with Gasteiger partial charge in [0.05, 0.1) is 0 Å². The second kappa shape index (κ2) is 7.02. The van der Waals surface area contributed by atoms with E-state index < -0.39 is 0 Å². The molecule has 1 aromatic carbocycles. The van der Waals surface area contributed by atoms with Crippen molar-refractivity contribution in [1.82, 2.24) is 19.9 Å². The van der Waals surface area contributed by atoms with E-state index in [2.05, 4.69) is 20.6 Å². The van der Waals surface area contributed by atoms with Gasteiger partial charge in [-0.2, -0.15) is 0 Å². The third kappa shape index (κ3) is 3.50. The van der Waals surface area contributed by atoms with Crippen molar-refractivity contribution in [2.75, 3.05) is 11.9 Å². The molecule has 154 valence electrons. The molecular formula is C22H22ClN5O2. The second-order valence-corrected chi connectivity index (χ2v) is 8.74. The van der Waals surface area contributed by atoms with Crippen LogP contribution in [0, 0.1) is 6.92 Å². The van der Waals surface area contributed by atoms with E-state index in [1.165, 1.54) is 0 Å². The second-order valence-electron chi connectivity index (χ2n) is 8.34. The Bertz CT molecular complexity index is 1080. The number of carbonyl (C=O) groups excluding carboxylic acids is 1. The lowest BCUT2D eigenvalue weighted by Crippen LogP contribution is -2.81. The van der Waals surface area contributed by atoms with Crippen LogP contribution in [-0.4, -0.2) is 38.1 Å². The average molecular weight is 424 g/mol. The summed E-state index contributed by atoms with van der Waals surface area (Å²) in [4.78, 5) is 20.8. The van der Waals surface area contributed by atoms with Gasteiger partial charge < -0.3 is 15.4 Å². The maximum absolute atomic E-state index is 12.3. The minimum atomic E-state index is -0.108. The maximum atomic E-state index is 12.3. The molecule has 2 N–H and O–H groups in total. The summed E-state index contributed by atoms with van der Waals surface area (Å²) in [5.74, 6) is 1.37. The van der Waals surface area contributed by atoms with Crippen molar-refractivity contribution in [3.05, 3.63) is 65.8 Å². The summed E-state index contributed by atoms with van der Waals surface area (Å²) < 4.78 is 7.48. The molecule has 3 fully saturated rings. The number of ether oxygens (including phenoxy) is 1. The number of pyridine rings is 1. The summed E-state index contributed by atoms with van der Waals surface area (Å²) >= 11 is 6.02. The van der Waals surface area contributed by atoms with Gasteiger partial charge in [0.1, 0.15) is 17.9 Å². The Morgan fingerprint density at radius 2 is 2.03 bits per heavy atom. The zero-order valence-electron chi connectivity index (χ0n) is 16.6. The molecule has 0 saturated heterocycles. The Morgan fingerprint density at radius 3 is 2.77 bits per heavy atom. The maximum Gasteiger partial charge on any atom is 0.258 e. The number of imidazole rings is 1. The summed E-state index contributed by atoms with van der Waals surface area (Å²) in [7, 11) is 0. The van der Waals surface area contributed by atoms with Gasteiger partial charge in [0.25, 0.3) is 5.91 Å². The molecule has 0 aliphatic heterocycles. The predicted octanol–water partition coefficient (Wildman–Crippen LogP) is 3.51. The van der Waals surface area contributed by atoms with Crippen LogP contribution in [0.4, 0.5) is 5.69 Å². The van der Waals surface area contributed by atoms with E-state index in [-0.39, 0.29) is 23.6 Å². The molecule has 2 aromatic heterocycles. The van der Waals surface area contributed by atoms with Crippen molar-refractivity contribution >= 4 is 23.2 Å². The molecule has 0 atom stereocenters. The summed E-state index contributed by atoms with van der Waals surface area (Å²) in [5.41, 5.74) is 1.89. The van der Waals surface area contributed by atoms with E-state index in [1.54, 1.807) is 30.9 Å². The highest BCUT2D eigenvalue weighted by Crippen LogP contribution is 2.61. The number of nitrogens with zero attached hydrogens (tertiary/aromatic N) is 3. The van der Waals surface area contributed by atoms with Crippen LogP contribution in [-0.2, 0) is 4.79 Å². The van der Waals surface area contributed by atoms with Crippen molar-refractivity contribution in [3.63, 3.8) is 0 Å². The van der Waals surface area contributed by atoms with Crippen molar-refractivity contribution in [3.8, 4) is 11.6 Å². The Labute approximate surface area is 179 Å². The van der Waals surface area contributed by atoms with Gasteiger partial charge >= 0.3 is 0 Å². The highest BCUT2D eigenvalue weighted by Gasteiger charge is 2.68. The number of halogens is 1. The zero-order chi connectivity index (χ0) is 20.8. The molecule has 1 amide bonds. The molecule has 0 radical (unpaired) electrons. The van der Waals surface area contributed by atoms with E-state index in [0.29, 0.717) is 10.8 Å². The van der Waals surface area contributed by atoms with Gasteiger partial charge in [0.2, 0.25) is 0 Å². The third-order valence-electron chi connectivity index (χ3n) is 5.86. The quantitative estimate of drug-likeness (QED) is 0.607. The molecule has 2 heterocycles. The van der Waals surface area contributed by atoms with Crippen molar-refractivity contribution < 1.29 is 9.53 Å². The topological polar surface area (TPSA) is 81.1 Å². The van der Waals surface area contributed by atoms with Gasteiger partial charge in [-0.25, -0.2) is 9.97 Å². The largest absolute Gasteiger partial charge is 0.484 e. The first kappa shape index (κ1) is 18.9. The number of nitrogens with one attached hydrogen (secondary N) is 2. The number of hydrogen-bond acceptors (Lipinski definition) is 5. The fraction of sp³-hybridized carbons (Fsp3) is 0.318. The normalized spacial score (nSPS) is 23.8. The molecule has 3 aliphatic rings. The van der Waals surface area contributed by atoms with Crippen molar-refractivity contribution in [2.45, 2.75) is 37.3 Å². The number of aromatic nitrogens is 3. The molecule has 0 unspecified atom stereocenters. The van der Waals surface area contributed by atoms with Crippen LogP contribution in [0.1, 0.15) is 24.8 Å². The van der Waals surface area contributed by atoms with Gasteiger partial charge in [0.15, 0.2) is 6.61 Å². The van der Waals surface area contributed by atoms with E-state index in [9.17, 15) is 4.79 Å². The number of carbonyl (C=O) groups is 1. The van der Waals surface area contributed by atoms with Crippen LogP contribution in [0.5, 0.6) is 5.75 Å². The Morgan fingerprint density at radius 1 is 1.20 bits per heavy atom. The number of hydrogen-bond donors (Lipinski definition) is 2. The molecule has 8 heteroatoms. The van der Waals surface area contributed by atoms with Crippen LogP contribution in [0.2, 0.25) is 5.02 Å². The highest BCUT2D eigenvalue weighted by molar-refractivity contribution is 6.31. The number of aryl methyl sites for hydroxylation is 1. The lowest BCUT2D eigenvalue weighted by molar-refractivity contribution is -0.135. The van der Waals surface area contributed by atoms with E-state index >= 15 is 0 Å². The summed E-state index contributed by atoms with van der Waals surface area (Å²) in [5, 5.41) is 7.45. The molecule has 3 aliphatic carbocycles. The van der Waals surface area contributed by atoms with Crippen LogP contribution in [0.3, 0.4) is 0 Å². The summed E-state index contributed by atoms with van der Waals surface area (Å²) in [6, 6.07) is 9.36. The number of benzene rings is 1. The Kier molecular flexibility index (Phi) is 4.43. The standard InChI is InChI=1S/C22H22ClN5O2/c1-15-8-17(2-3-18(15)23)30-10-20(29)27-22-11-21(12-22,13-22)26-16-4-5-25-19(9-16)28-7-6-24-14-28/h2-9,14H,10-13H2,1H3,(H,25,26)(H,27,29).